The summed E-state index contributed by atoms with van der Waals surface area (Å²) in [7, 11) is 1.79. The highest BCUT2D eigenvalue weighted by Crippen LogP contribution is 2.15. The average molecular weight is 252 g/mol. The molecule has 5 heteroatoms. The Kier molecular flexibility index (Phi) is 3.91. The zero-order valence-electron chi connectivity index (χ0n) is 9.72. The summed E-state index contributed by atoms with van der Waals surface area (Å²) in [6.45, 7) is 0.524. The fourth-order valence-electron chi connectivity index (χ4n) is 1.83. The molecule has 1 heterocycles. The van der Waals surface area contributed by atoms with Crippen molar-refractivity contribution in [3.8, 4) is 5.75 Å². The van der Waals surface area contributed by atoms with Crippen LogP contribution in [0.4, 0.5) is 0 Å². The highest BCUT2D eigenvalue weighted by atomic mass is 32.2. The van der Waals surface area contributed by atoms with Gasteiger partial charge in [0.25, 0.3) is 0 Å². The van der Waals surface area contributed by atoms with E-state index < -0.39 is 0 Å². The third-order valence-electron chi connectivity index (χ3n) is 2.72. The van der Waals surface area contributed by atoms with Crippen molar-refractivity contribution in [1.29, 1.82) is 0 Å². The number of rotatable bonds is 3. The van der Waals surface area contributed by atoms with Gasteiger partial charge in [0.1, 0.15) is 5.75 Å². The van der Waals surface area contributed by atoms with Gasteiger partial charge in [-0.05, 0) is 17.7 Å². The number of hydrogen-bond donors (Lipinski definition) is 2. The lowest BCUT2D eigenvalue weighted by atomic mass is 10.2. The van der Waals surface area contributed by atoms with Crippen molar-refractivity contribution in [3.63, 3.8) is 0 Å². The quantitative estimate of drug-likeness (QED) is 0.843. The molecule has 1 aromatic carbocycles. The second-order valence-electron chi connectivity index (χ2n) is 4.14. The normalized spacial score (nSPS) is 19.2. The minimum absolute atomic E-state index is 0.0673. The first-order chi connectivity index (χ1) is 8.16. The van der Waals surface area contributed by atoms with Crippen molar-refractivity contribution in [3.05, 3.63) is 29.8 Å². The van der Waals surface area contributed by atoms with Crippen LogP contribution in [0.15, 0.2) is 24.3 Å². The number of phenolic OH excluding ortho intramolecular Hbond substituents is 1. The standard InChI is InChI=1S/C12H16N2O2S/c1-14(12(16)11-7-17-8-13-11)6-9-3-2-4-10(15)5-9/h2-5,11,13,15H,6-8H2,1H3. The van der Waals surface area contributed by atoms with Gasteiger partial charge in [-0.25, -0.2) is 0 Å². The van der Waals surface area contributed by atoms with Gasteiger partial charge in [0.05, 0.1) is 6.04 Å². The predicted octanol–water partition coefficient (Wildman–Crippen LogP) is 1.01. The molecule has 4 nitrogen and oxygen atoms in total. The molecule has 0 aromatic heterocycles. The summed E-state index contributed by atoms with van der Waals surface area (Å²) in [6, 6.07) is 6.93. The van der Waals surface area contributed by atoms with Crippen molar-refractivity contribution in [2.24, 2.45) is 0 Å². The zero-order valence-corrected chi connectivity index (χ0v) is 10.5. The Morgan fingerprint density at radius 1 is 1.65 bits per heavy atom. The number of nitrogens with zero attached hydrogens (tertiary/aromatic N) is 1. The van der Waals surface area contributed by atoms with E-state index in [1.54, 1.807) is 41.9 Å². The third-order valence-corrected chi connectivity index (χ3v) is 3.66. The molecular weight excluding hydrogens is 236 g/mol. The maximum absolute atomic E-state index is 12.0. The van der Waals surface area contributed by atoms with Gasteiger partial charge in [0.2, 0.25) is 5.91 Å². The van der Waals surface area contributed by atoms with Crippen molar-refractivity contribution in [2.75, 3.05) is 18.7 Å². The first kappa shape index (κ1) is 12.3. The number of hydrogen-bond acceptors (Lipinski definition) is 4. The number of amides is 1. The molecule has 1 aromatic rings. The monoisotopic (exact) mass is 252 g/mol. The average Bonchev–Trinajstić information content (AvgIpc) is 2.81. The molecule has 0 aliphatic carbocycles. The minimum atomic E-state index is -0.0673. The van der Waals surface area contributed by atoms with Gasteiger partial charge in [0.15, 0.2) is 0 Å². The highest BCUT2D eigenvalue weighted by molar-refractivity contribution is 7.99. The molecule has 1 aliphatic rings. The van der Waals surface area contributed by atoms with Crippen LogP contribution in [0.3, 0.4) is 0 Å². The highest BCUT2D eigenvalue weighted by Gasteiger charge is 2.25. The topological polar surface area (TPSA) is 52.6 Å². The molecule has 17 heavy (non-hydrogen) atoms. The first-order valence-corrected chi connectivity index (χ1v) is 6.66. The van der Waals surface area contributed by atoms with Crippen molar-refractivity contribution in [2.45, 2.75) is 12.6 Å². The van der Waals surface area contributed by atoms with E-state index in [4.69, 9.17) is 0 Å². The number of likely N-dealkylation sites (N-methyl/N-ethyl adjacent to an activating group) is 1. The lowest BCUT2D eigenvalue weighted by Gasteiger charge is -2.20. The fourth-order valence-corrected chi connectivity index (χ4v) is 2.76. The molecular formula is C12H16N2O2S. The lowest BCUT2D eigenvalue weighted by Crippen LogP contribution is -2.42. The van der Waals surface area contributed by atoms with E-state index in [1.807, 2.05) is 6.07 Å². The van der Waals surface area contributed by atoms with Crippen molar-refractivity contribution >= 4 is 17.7 Å². The Bertz CT molecular complexity index is 405. The predicted molar refractivity (Wildman–Crippen MR) is 68.8 cm³/mol. The van der Waals surface area contributed by atoms with E-state index in [0.717, 1.165) is 17.2 Å². The zero-order chi connectivity index (χ0) is 12.3. The van der Waals surface area contributed by atoms with Crippen LogP contribution in [0, 0.1) is 0 Å². The van der Waals surface area contributed by atoms with Gasteiger partial charge in [-0.1, -0.05) is 12.1 Å². The molecule has 2 rings (SSSR count). The molecule has 1 saturated heterocycles. The van der Waals surface area contributed by atoms with E-state index in [1.165, 1.54) is 0 Å². The van der Waals surface area contributed by atoms with E-state index in [-0.39, 0.29) is 17.7 Å². The summed E-state index contributed by atoms with van der Waals surface area (Å²) in [5, 5.41) is 12.5. The Morgan fingerprint density at radius 3 is 3.12 bits per heavy atom. The Hall–Kier alpha value is -1.20. The number of phenols is 1. The molecule has 0 radical (unpaired) electrons. The Labute approximate surface area is 105 Å². The Balaban J connectivity index is 1.96. The van der Waals surface area contributed by atoms with Crippen LogP contribution in [-0.4, -0.2) is 40.6 Å². The molecule has 1 aliphatic heterocycles. The number of thioether (sulfide) groups is 1. The smallest absolute Gasteiger partial charge is 0.240 e. The summed E-state index contributed by atoms with van der Waals surface area (Å²) in [4.78, 5) is 13.7. The maximum Gasteiger partial charge on any atom is 0.240 e. The summed E-state index contributed by atoms with van der Waals surface area (Å²) >= 11 is 1.74. The van der Waals surface area contributed by atoms with Gasteiger partial charge in [0, 0.05) is 25.2 Å². The van der Waals surface area contributed by atoms with E-state index >= 15 is 0 Å². The molecule has 1 fully saturated rings. The SMILES string of the molecule is CN(Cc1cccc(O)c1)C(=O)C1CSCN1. The largest absolute Gasteiger partial charge is 0.508 e. The molecule has 92 valence electrons. The fraction of sp³-hybridized carbons (Fsp3) is 0.417. The van der Waals surface area contributed by atoms with Gasteiger partial charge < -0.3 is 10.0 Å². The molecule has 0 saturated carbocycles. The van der Waals surface area contributed by atoms with Crippen molar-refractivity contribution in [1.82, 2.24) is 10.2 Å². The van der Waals surface area contributed by atoms with Crippen LogP contribution in [-0.2, 0) is 11.3 Å². The van der Waals surface area contributed by atoms with Gasteiger partial charge >= 0.3 is 0 Å². The number of nitrogens with one attached hydrogen (secondary N) is 1. The summed E-state index contributed by atoms with van der Waals surface area (Å²) < 4.78 is 0. The minimum Gasteiger partial charge on any atom is -0.508 e. The molecule has 2 N–H and O–H groups in total. The maximum atomic E-state index is 12.0. The van der Waals surface area contributed by atoms with Crippen molar-refractivity contribution < 1.29 is 9.90 Å². The molecule has 1 unspecified atom stereocenters. The number of carbonyl (C=O) groups excluding carboxylic acids is 1. The number of benzene rings is 1. The number of aromatic hydroxyl groups is 1. The van der Waals surface area contributed by atoms with Gasteiger partial charge in [-0.3, -0.25) is 10.1 Å². The molecule has 1 amide bonds. The van der Waals surface area contributed by atoms with E-state index in [0.29, 0.717) is 6.54 Å². The molecule has 0 spiro atoms. The first-order valence-electron chi connectivity index (χ1n) is 5.51. The molecule has 0 bridgehead atoms. The van der Waals surface area contributed by atoms with Crippen LogP contribution < -0.4 is 5.32 Å². The van der Waals surface area contributed by atoms with Crippen LogP contribution in [0.5, 0.6) is 5.75 Å². The second-order valence-corrected chi connectivity index (χ2v) is 5.17. The Morgan fingerprint density at radius 2 is 2.47 bits per heavy atom. The number of carbonyl (C=O) groups is 1. The van der Waals surface area contributed by atoms with Gasteiger partial charge in [-0.15, -0.1) is 11.8 Å². The summed E-state index contributed by atoms with van der Waals surface area (Å²) in [5.74, 6) is 2.02. The summed E-state index contributed by atoms with van der Waals surface area (Å²) in [5.41, 5.74) is 0.937. The summed E-state index contributed by atoms with van der Waals surface area (Å²) in [6.07, 6.45) is 0. The van der Waals surface area contributed by atoms with Crippen LogP contribution in [0.25, 0.3) is 0 Å². The van der Waals surface area contributed by atoms with Crippen LogP contribution in [0.2, 0.25) is 0 Å². The third kappa shape index (κ3) is 3.14. The molecule has 1 atom stereocenters. The van der Waals surface area contributed by atoms with Crippen LogP contribution >= 0.6 is 11.8 Å². The van der Waals surface area contributed by atoms with Gasteiger partial charge in [-0.2, -0.15) is 0 Å². The van der Waals surface area contributed by atoms with E-state index in [9.17, 15) is 9.90 Å². The lowest BCUT2D eigenvalue weighted by molar-refractivity contribution is -0.131. The van der Waals surface area contributed by atoms with Crippen LogP contribution in [0.1, 0.15) is 5.56 Å². The van der Waals surface area contributed by atoms with E-state index in [2.05, 4.69) is 5.32 Å². The second kappa shape index (κ2) is 5.42.